The van der Waals surface area contributed by atoms with Crippen molar-refractivity contribution in [3.63, 3.8) is 0 Å². The molecule has 0 saturated carbocycles. The van der Waals surface area contributed by atoms with Gasteiger partial charge in [0.05, 0.1) is 11.3 Å². The van der Waals surface area contributed by atoms with E-state index in [1.807, 2.05) is 17.5 Å². The Bertz CT molecular complexity index is 531. The maximum atomic E-state index is 12.1. The van der Waals surface area contributed by atoms with E-state index in [1.54, 1.807) is 25.2 Å². The van der Waals surface area contributed by atoms with Crippen LogP contribution in [0, 0.1) is 5.92 Å². The summed E-state index contributed by atoms with van der Waals surface area (Å²) in [4.78, 5) is 13.2. The Morgan fingerprint density at radius 1 is 1.29 bits per heavy atom. The first-order chi connectivity index (χ1) is 9.81. The highest BCUT2D eigenvalue weighted by atomic mass is 32.2. The molecule has 1 aromatic rings. The monoisotopic (exact) mass is 331 g/mol. The molecule has 0 aliphatic rings. The van der Waals surface area contributed by atoms with Crippen molar-refractivity contribution >= 4 is 27.1 Å². The van der Waals surface area contributed by atoms with Crippen molar-refractivity contribution in [3.8, 4) is 0 Å². The third kappa shape index (κ3) is 5.11. The number of sulfone groups is 1. The van der Waals surface area contributed by atoms with Gasteiger partial charge in [-0.05, 0) is 31.2 Å². The molecule has 1 rings (SSSR count). The van der Waals surface area contributed by atoms with Gasteiger partial charge in [0.1, 0.15) is 5.75 Å². The third-order valence-corrected chi connectivity index (χ3v) is 6.79. The van der Waals surface area contributed by atoms with Crippen molar-refractivity contribution in [2.75, 3.05) is 5.75 Å². The van der Waals surface area contributed by atoms with E-state index < -0.39 is 26.7 Å². The van der Waals surface area contributed by atoms with E-state index in [1.165, 1.54) is 0 Å². The summed E-state index contributed by atoms with van der Waals surface area (Å²) < 4.78 is 23.7. The maximum Gasteiger partial charge on any atom is 0.235 e. The van der Waals surface area contributed by atoms with Gasteiger partial charge < -0.3 is 5.32 Å². The smallest absolute Gasteiger partial charge is 0.235 e. The van der Waals surface area contributed by atoms with Gasteiger partial charge in [-0.15, -0.1) is 11.3 Å². The fraction of sp³-hybridized carbons (Fsp3) is 0.667. The molecule has 1 N–H and O–H groups in total. The number of amides is 1. The van der Waals surface area contributed by atoms with Gasteiger partial charge in [0.15, 0.2) is 9.84 Å². The molecule has 0 fully saturated rings. The Morgan fingerprint density at radius 3 is 2.33 bits per heavy atom. The van der Waals surface area contributed by atoms with Crippen molar-refractivity contribution in [2.45, 2.75) is 51.8 Å². The molecule has 0 bridgehead atoms. The van der Waals surface area contributed by atoms with Crippen LogP contribution in [-0.2, 0) is 14.6 Å². The van der Waals surface area contributed by atoms with Gasteiger partial charge in [-0.2, -0.15) is 0 Å². The van der Waals surface area contributed by atoms with Crippen LogP contribution in [0.4, 0.5) is 0 Å². The average Bonchev–Trinajstić information content (AvgIpc) is 2.91. The number of hydrogen-bond donors (Lipinski definition) is 1. The minimum Gasteiger partial charge on any atom is -0.347 e. The topological polar surface area (TPSA) is 63.2 Å². The van der Waals surface area contributed by atoms with Crippen LogP contribution in [0.2, 0.25) is 0 Å². The Morgan fingerprint density at radius 2 is 1.90 bits per heavy atom. The number of thiophene rings is 1. The summed E-state index contributed by atoms with van der Waals surface area (Å²) in [5, 5.41) is 4.37. The maximum absolute atomic E-state index is 12.1. The highest BCUT2D eigenvalue weighted by molar-refractivity contribution is 7.92. The number of carbonyl (C=O) groups is 1. The first-order valence-electron chi connectivity index (χ1n) is 7.36. The number of carbonyl (C=O) groups excluding carboxylic acids is 1. The van der Waals surface area contributed by atoms with E-state index in [9.17, 15) is 13.2 Å². The second-order valence-corrected chi connectivity index (χ2v) is 9.03. The van der Waals surface area contributed by atoms with Gasteiger partial charge in [0.25, 0.3) is 0 Å². The number of hydrogen-bond acceptors (Lipinski definition) is 4. The summed E-state index contributed by atoms with van der Waals surface area (Å²) in [6.07, 6.45) is 1.88. The van der Waals surface area contributed by atoms with Crippen LogP contribution in [0.1, 0.15) is 51.5 Å². The molecule has 1 amide bonds. The Balaban J connectivity index is 2.85. The molecule has 0 aliphatic heterocycles. The number of rotatable bonds is 8. The molecule has 0 aliphatic carbocycles. The van der Waals surface area contributed by atoms with Crippen LogP contribution in [0.3, 0.4) is 0 Å². The molecule has 4 nitrogen and oxygen atoms in total. The first-order valence-corrected chi connectivity index (χ1v) is 9.95. The van der Waals surface area contributed by atoms with Crippen molar-refractivity contribution in [1.82, 2.24) is 5.32 Å². The van der Waals surface area contributed by atoms with E-state index in [-0.39, 0.29) is 6.04 Å². The molecule has 1 aromatic heterocycles. The van der Waals surface area contributed by atoms with Crippen molar-refractivity contribution < 1.29 is 13.2 Å². The van der Waals surface area contributed by atoms with Gasteiger partial charge in [0, 0.05) is 4.88 Å². The van der Waals surface area contributed by atoms with Crippen LogP contribution in [-0.4, -0.2) is 25.3 Å². The zero-order valence-corrected chi connectivity index (χ0v) is 14.8. The molecule has 21 heavy (non-hydrogen) atoms. The fourth-order valence-electron chi connectivity index (χ4n) is 2.21. The second kappa shape index (κ2) is 7.94. The van der Waals surface area contributed by atoms with Crippen LogP contribution >= 0.6 is 11.3 Å². The zero-order chi connectivity index (χ0) is 16.0. The first kappa shape index (κ1) is 18.2. The van der Waals surface area contributed by atoms with Crippen molar-refractivity contribution in [1.29, 1.82) is 0 Å². The summed E-state index contributed by atoms with van der Waals surface area (Å²) in [5.74, 6) is -0.532. The summed E-state index contributed by atoms with van der Waals surface area (Å²) in [5.41, 5.74) is 0. The Kier molecular flexibility index (Phi) is 6.87. The lowest BCUT2D eigenvalue weighted by Crippen LogP contribution is -2.38. The predicted octanol–water partition coefficient (Wildman–Crippen LogP) is 3.16. The highest BCUT2D eigenvalue weighted by Gasteiger charge is 2.26. The summed E-state index contributed by atoms with van der Waals surface area (Å²) in [7, 11) is -3.36. The summed E-state index contributed by atoms with van der Waals surface area (Å²) in [6.45, 7) is 7.37. The molecule has 6 heteroatoms. The predicted molar refractivity (Wildman–Crippen MR) is 88.2 cm³/mol. The standard InChI is InChI=1S/C15H25NO3S2/c1-5-12(6-2)15(13-8-7-9-20-13)16-14(17)10-21(18,19)11(3)4/h7-9,11-12,15H,5-6,10H2,1-4H3,(H,16,17)/t15-/m0/s1. The second-order valence-electron chi connectivity index (χ2n) is 5.49. The Labute approximate surface area is 131 Å². The minimum absolute atomic E-state index is 0.102. The lowest BCUT2D eigenvalue weighted by molar-refractivity contribution is -0.119. The normalized spacial score (nSPS) is 13.6. The van der Waals surface area contributed by atoms with E-state index in [4.69, 9.17) is 0 Å². The van der Waals surface area contributed by atoms with E-state index in [0.717, 1.165) is 17.7 Å². The molecule has 0 unspecified atom stereocenters. The molecule has 0 spiro atoms. The summed E-state index contributed by atoms with van der Waals surface area (Å²) >= 11 is 1.59. The molecule has 1 heterocycles. The molecule has 0 aromatic carbocycles. The van der Waals surface area contributed by atoms with Crippen LogP contribution in [0.5, 0.6) is 0 Å². The molecule has 120 valence electrons. The molecule has 1 atom stereocenters. The van der Waals surface area contributed by atoms with Gasteiger partial charge in [-0.1, -0.05) is 32.8 Å². The lowest BCUT2D eigenvalue weighted by atomic mass is 9.93. The van der Waals surface area contributed by atoms with Crippen molar-refractivity contribution in [3.05, 3.63) is 22.4 Å². The minimum atomic E-state index is -3.36. The molecular formula is C15H25NO3S2. The summed E-state index contributed by atoms with van der Waals surface area (Å²) in [6, 6.07) is 3.84. The zero-order valence-electron chi connectivity index (χ0n) is 13.1. The third-order valence-electron chi connectivity index (χ3n) is 3.74. The highest BCUT2D eigenvalue weighted by Crippen LogP contribution is 2.30. The van der Waals surface area contributed by atoms with Gasteiger partial charge in [0.2, 0.25) is 5.91 Å². The molecule has 0 saturated heterocycles. The van der Waals surface area contributed by atoms with Crippen LogP contribution in [0.15, 0.2) is 17.5 Å². The van der Waals surface area contributed by atoms with Gasteiger partial charge >= 0.3 is 0 Å². The Hall–Kier alpha value is -0.880. The SMILES string of the molecule is CCC(CC)[C@H](NC(=O)CS(=O)(=O)C(C)C)c1cccs1. The fourth-order valence-corrected chi connectivity index (χ4v) is 3.87. The number of nitrogens with one attached hydrogen (secondary N) is 1. The largest absolute Gasteiger partial charge is 0.347 e. The molecular weight excluding hydrogens is 306 g/mol. The van der Waals surface area contributed by atoms with Gasteiger partial charge in [-0.3, -0.25) is 4.79 Å². The van der Waals surface area contributed by atoms with E-state index >= 15 is 0 Å². The van der Waals surface area contributed by atoms with Crippen molar-refractivity contribution in [2.24, 2.45) is 5.92 Å². The lowest BCUT2D eigenvalue weighted by Gasteiger charge is -2.25. The van der Waals surface area contributed by atoms with Crippen LogP contribution in [0.25, 0.3) is 0 Å². The van der Waals surface area contributed by atoms with Crippen LogP contribution < -0.4 is 5.32 Å². The molecule has 0 radical (unpaired) electrons. The van der Waals surface area contributed by atoms with E-state index in [0.29, 0.717) is 5.92 Å². The quantitative estimate of drug-likeness (QED) is 0.796. The average molecular weight is 332 g/mol. The van der Waals surface area contributed by atoms with Gasteiger partial charge in [-0.25, -0.2) is 8.42 Å². The van der Waals surface area contributed by atoms with E-state index in [2.05, 4.69) is 19.2 Å².